The third-order valence-corrected chi connectivity index (χ3v) is 4.15. The number of hydrogen-bond acceptors (Lipinski definition) is 4. The van der Waals surface area contributed by atoms with Gasteiger partial charge in [0.05, 0.1) is 17.7 Å². The van der Waals surface area contributed by atoms with Crippen LogP contribution in [0, 0.1) is 5.92 Å². The van der Waals surface area contributed by atoms with Gasteiger partial charge in [-0.25, -0.2) is 0 Å². The molecule has 4 nitrogen and oxygen atoms in total. The third kappa shape index (κ3) is 3.70. The number of hydrogen-bond donors (Lipinski definition) is 2. The number of benzene rings is 1. The molecule has 1 heterocycles. The molecule has 0 radical (unpaired) electrons. The number of pyridine rings is 1. The summed E-state index contributed by atoms with van der Waals surface area (Å²) in [6.07, 6.45) is 5.24. The number of aliphatic hydroxyl groups excluding tert-OH is 1. The molecule has 3 rings (SSSR count). The Morgan fingerprint density at radius 2 is 2.14 bits per heavy atom. The van der Waals surface area contributed by atoms with Gasteiger partial charge in [-0.1, -0.05) is 17.7 Å². The molecule has 2 aromatic rings. The monoisotopic (exact) mass is 319 g/mol. The number of rotatable bonds is 6. The number of halogens is 1. The van der Waals surface area contributed by atoms with E-state index >= 15 is 0 Å². The molecule has 1 fully saturated rings. The molecule has 1 aromatic carbocycles. The Bertz CT molecular complexity index is 658. The molecule has 0 saturated heterocycles. The molecule has 1 saturated carbocycles. The van der Waals surface area contributed by atoms with Crippen molar-refractivity contribution in [3.63, 3.8) is 0 Å². The van der Waals surface area contributed by atoms with Gasteiger partial charge in [-0.2, -0.15) is 0 Å². The number of aromatic hydroxyl groups is 1. The molecule has 0 bridgehead atoms. The predicted octanol–water partition coefficient (Wildman–Crippen LogP) is 3.51. The second-order valence-electron chi connectivity index (χ2n) is 5.67. The van der Waals surface area contributed by atoms with Gasteiger partial charge in [-0.05, 0) is 48.1 Å². The predicted molar refractivity (Wildman–Crippen MR) is 84.2 cm³/mol. The minimum absolute atomic E-state index is 0.0959. The first-order chi connectivity index (χ1) is 10.6. The lowest BCUT2D eigenvalue weighted by Gasteiger charge is -2.14. The summed E-state index contributed by atoms with van der Waals surface area (Å²) in [6, 6.07) is 6.72. The normalized spacial score (nSPS) is 15.5. The van der Waals surface area contributed by atoms with E-state index in [4.69, 9.17) is 16.3 Å². The van der Waals surface area contributed by atoms with Gasteiger partial charge in [0.25, 0.3) is 0 Å². The first-order valence-electron chi connectivity index (χ1n) is 7.35. The van der Waals surface area contributed by atoms with Gasteiger partial charge in [-0.3, -0.25) is 4.98 Å². The van der Waals surface area contributed by atoms with Crippen molar-refractivity contribution in [3.05, 3.63) is 52.8 Å². The first-order valence-corrected chi connectivity index (χ1v) is 7.73. The molecule has 1 aliphatic carbocycles. The van der Waals surface area contributed by atoms with Crippen LogP contribution in [0.2, 0.25) is 5.02 Å². The molecular formula is C17H18ClNO3. The summed E-state index contributed by atoms with van der Waals surface area (Å²) < 4.78 is 5.63. The highest BCUT2D eigenvalue weighted by molar-refractivity contribution is 6.31. The van der Waals surface area contributed by atoms with E-state index in [0.29, 0.717) is 35.3 Å². The van der Waals surface area contributed by atoms with Crippen LogP contribution >= 0.6 is 11.6 Å². The average molecular weight is 320 g/mol. The SMILES string of the molecule is Oc1ccc(C(O)Cc2ccncc2Cl)cc1OCC1CC1. The fourth-order valence-corrected chi connectivity index (χ4v) is 2.44. The minimum atomic E-state index is -0.719. The maximum Gasteiger partial charge on any atom is 0.161 e. The average Bonchev–Trinajstić information content (AvgIpc) is 3.33. The molecule has 5 heteroatoms. The summed E-state index contributed by atoms with van der Waals surface area (Å²) in [6.45, 7) is 0.614. The molecule has 0 spiro atoms. The van der Waals surface area contributed by atoms with E-state index < -0.39 is 6.10 Å². The lowest BCUT2D eigenvalue weighted by Crippen LogP contribution is -2.04. The summed E-state index contributed by atoms with van der Waals surface area (Å²) in [4.78, 5) is 3.93. The standard InChI is InChI=1S/C17H18ClNO3/c18-14-9-19-6-5-12(14)7-16(21)13-3-4-15(20)17(8-13)22-10-11-1-2-11/h3-6,8-9,11,16,20-21H,1-2,7,10H2. The van der Waals surface area contributed by atoms with Crippen LogP contribution in [0.1, 0.15) is 30.1 Å². The summed E-state index contributed by atoms with van der Waals surface area (Å²) in [7, 11) is 0. The van der Waals surface area contributed by atoms with Crippen molar-refractivity contribution in [1.29, 1.82) is 0 Å². The highest BCUT2D eigenvalue weighted by Crippen LogP contribution is 2.34. The van der Waals surface area contributed by atoms with E-state index in [9.17, 15) is 10.2 Å². The fourth-order valence-electron chi connectivity index (χ4n) is 2.24. The Morgan fingerprint density at radius 1 is 1.32 bits per heavy atom. The fraction of sp³-hybridized carbons (Fsp3) is 0.353. The summed E-state index contributed by atoms with van der Waals surface area (Å²) in [5.41, 5.74) is 1.52. The van der Waals surface area contributed by atoms with Gasteiger partial charge in [-0.15, -0.1) is 0 Å². The van der Waals surface area contributed by atoms with Gasteiger partial charge in [0, 0.05) is 18.8 Å². The summed E-state index contributed by atoms with van der Waals surface area (Å²) in [5.74, 6) is 1.12. The second kappa shape index (κ2) is 6.55. The van der Waals surface area contributed by atoms with Crippen LogP contribution in [0.25, 0.3) is 0 Å². The van der Waals surface area contributed by atoms with E-state index in [0.717, 1.165) is 5.56 Å². The summed E-state index contributed by atoms with van der Waals surface area (Å²) >= 11 is 6.07. The van der Waals surface area contributed by atoms with Gasteiger partial charge >= 0.3 is 0 Å². The van der Waals surface area contributed by atoms with Gasteiger partial charge < -0.3 is 14.9 Å². The van der Waals surface area contributed by atoms with Crippen molar-refractivity contribution < 1.29 is 14.9 Å². The van der Waals surface area contributed by atoms with Crippen LogP contribution in [0.5, 0.6) is 11.5 Å². The zero-order valence-corrected chi connectivity index (χ0v) is 12.8. The molecular weight excluding hydrogens is 302 g/mol. The van der Waals surface area contributed by atoms with Crippen LogP contribution in [-0.2, 0) is 6.42 Å². The smallest absolute Gasteiger partial charge is 0.161 e. The second-order valence-corrected chi connectivity index (χ2v) is 6.08. The number of nitrogens with zero attached hydrogens (tertiary/aromatic N) is 1. The Morgan fingerprint density at radius 3 is 2.86 bits per heavy atom. The highest BCUT2D eigenvalue weighted by atomic mass is 35.5. The molecule has 0 amide bonds. The quantitative estimate of drug-likeness (QED) is 0.855. The zero-order valence-electron chi connectivity index (χ0n) is 12.1. The van der Waals surface area contributed by atoms with Gasteiger partial charge in [0.2, 0.25) is 0 Å². The Labute approximate surface area is 134 Å². The van der Waals surface area contributed by atoms with Crippen molar-refractivity contribution >= 4 is 11.6 Å². The van der Waals surface area contributed by atoms with Crippen LogP contribution in [0.4, 0.5) is 0 Å². The number of phenols is 1. The number of aromatic nitrogens is 1. The van der Waals surface area contributed by atoms with E-state index in [1.54, 1.807) is 36.7 Å². The van der Waals surface area contributed by atoms with Crippen LogP contribution in [-0.4, -0.2) is 21.8 Å². The van der Waals surface area contributed by atoms with Gasteiger partial charge in [0.15, 0.2) is 11.5 Å². The molecule has 1 unspecified atom stereocenters. The van der Waals surface area contributed by atoms with E-state index in [-0.39, 0.29) is 5.75 Å². The van der Waals surface area contributed by atoms with Crippen molar-refractivity contribution in [2.24, 2.45) is 5.92 Å². The lowest BCUT2D eigenvalue weighted by molar-refractivity contribution is 0.177. The van der Waals surface area contributed by atoms with E-state index in [2.05, 4.69) is 4.98 Å². The first kappa shape index (κ1) is 15.1. The molecule has 1 aliphatic rings. The maximum absolute atomic E-state index is 10.4. The third-order valence-electron chi connectivity index (χ3n) is 3.81. The number of phenolic OH excluding ortho intramolecular Hbond substituents is 1. The molecule has 1 atom stereocenters. The Hall–Kier alpha value is -1.78. The van der Waals surface area contributed by atoms with Crippen LogP contribution < -0.4 is 4.74 Å². The topological polar surface area (TPSA) is 62.6 Å². The zero-order chi connectivity index (χ0) is 15.5. The highest BCUT2D eigenvalue weighted by Gasteiger charge is 2.22. The molecule has 0 aliphatic heterocycles. The van der Waals surface area contributed by atoms with Crippen LogP contribution in [0.3, 0.4) is 0 Å². The largest absolute Gasteiger partial charge is 0.504 e. The Balaban J connectivity index is 1.72. The molecule has 22 heavy (non-hydrogen) atoms. The number of ether oxygens (including phenoxy) is 1. The van der Waals surface area contributed by atoms with E-state index in [1.165, 1.54) is 12.8 Å². The summed E-state index contributed by atoms with van der Waals surface area (Å²) in [5, 5.41) is 20.8. The van der Waals surface area contributed by atoms with Crippen molar-refractivity contribution in [1.82, 2.24) is 4.98 Å². The Kier molecular flexibility index (Phi) is 4.50. The number of aliphatic hydroxyl groups is 1. The van der Waals surface area contributed by atoms with Crippen molar-refractivity contribution in [2.45, 2.75) is 25.4 Å². The van der Waals surface area contributed by atoms with Crippen molar-refractivity contribution in [3.8, 4) is 11.5 Å². The van der Waals surface area contributed by atoms with Crippen LogP contribution in [0.15, 0.2) is 36.7 Å². The maximum atomic E-state index is 10.4. The lowest BCUT2D eigenvalue weighted by atomic mass is 10.0. The van der Waals surface area contributed by atoms with Crippen molar-refractivity contribution in [2.75, 3.05) is 6.61 Å². The molecule has 116 valence electrons. The van der Waals surface area contributed by atoms with Gasteiger partial charge in [0.1, 0.15) is 0 Å². The molecule has 2 N–H and O–H groups in total. The minimum Gasteiger partial charge on any atom is -0.504 e. The molecule has 1 aromatic heterocycles. The van der Waals surface area contributed by atoms with E-state index in [1.807, 2.05) is 0 Å².